The number of carbonyl (C=O) groups excluding carboxylic acids is 2. The standard InChI is InChI=1S/C19H15N5O5/c1-28-12-8-13(29-2)22-17(21-12)9-3-5-10(6-4-9)24-14(25)7-11-15(16(24)20)19(27)23-18(11)26/h3-8H,20H2,1-2H3,(H,23,26,27). The topological polar surface area (TPSA) is 138 Å². The van der Waals surface area contributed by atoms with Gasteiger partial charge in [0, 0.05) is 11.6 Å². The van der Waals surface area contributed by atoms with Crippen LogP contribution in [-0.2, 0) is 0 Å². The Kier molecular flexibility index (Phi) is 4.23. The Hall–Kier alpha value is -4.21. The summed E-state index contributed by atoms with van der Waals surface area (Å²) in [6, 6.07) is 9.28. The lowest BCUT2D eigenvalue weighted by Gasteiger charge is -2.12. The third-order valence-corrected chi connectivity index (χ3v) is 4.43. The Morgan fingerprint density at radius 2 is 1.55 bits per heavy atom. The minimum atomic E-state index is -0.639. The first-order valence-corrected chi connectivity index (χ1v) is 8.42. The monoisotopic (exact) mass is 393 g/mol. The molecule has 0 atom stereocenters. The molecule has 10 nitrogen and oxygen atoms in total. The molecule has 1 aliphatic heterocycles. The van der Waals surface area contributed by atoms with E-state index >= 15 is 0 Å². The summed E-state index contributed by atoms with van der Waals surface area (Å²) in [6.45, 7) is 0. The number of aromatic nitrogens is 3. The number of methoxy groups -OCH3 is 2. The van der Waals surface area contributed by atoms with Crippen LogP contribution in [0.1, 0.15) is 20.7 Å². The van der Waals surface area contributed by atoms with Crippen LogP contribution in [0.5, 0.6) is 11.8 Å². The molecule has 3 heterocycles. The van der Waals surface area contributed by atoms with Gasteiger partial charge in [-0.2, -0.15) is 9.97 Å². The molecule has 10 heteroatoms. The smallest absolute Gasteiger partial charge is 0.262 e. The van der Waals surface area contributed by atoms with Crippen LogP contribution in [0.15, 0.2) is 41.2 Å². The first kappa shape index (κ1) is 18.2. The number of rotatable bonds is 4. The Labute approximate surface area is 163 Å². The first-order chi connectivity index (χ1) is 13.9. The summed E-state index contributed by atoms with van der Waals surface area (Å²) in [7, 11) is 2.97. The van der Waals surface area contributed by atoms with Crippen molar-refractivity contribution in [2.75, 3.05) is 20.0 Å². The molecule has 0 fully saturated rings. The van der Waals surface area contributed by atoms with E-state index in [9.17, 15) is 14.4 Å². The normalized spacial score (nSPS) is 12.5. The summed E-state index contributed by atoms with van der Waals surface area (Å²) in [5.41, 5.74) is 6.53. The van der Waals surface area contributed by atoms with E-state index in [1.54, 1.807) is 30.3 Å². The second-order valence-corrected chi connectivity index (χ2v) is 6.10. The predicted molar refractivity (Wildman–Crippen MR) is 102 cm³/mol. The molecule has 29 heavy (non-hydrogen) atoms. The molecular weight excluding hydrogens is 378 g/mol. The molecule has 1 aromatic carbocycles. The van der Waals surface area contributed by atoms with Gasteiger partial charge in [-0.05, 0) is 24.3 Å². The van der Waals surface area contributed by atoms with Gasteiger partial charge in [-0.1, -0.05) is 0 Å². The van der Waals surface area contributed by atoms with E-state index in [-0.39, 0.29) is 16.9 Å². The zero-order valence-corrected chi connectivity index (χ0v) is 15.4. The number of nitrogens with zero attached hydrogens (tertiary/aromatic N) is 3. The number of fused-ring (bicyclic) bond motifs is 1. The molecule has 2 aromatic heterocycles. The molecule has 0 unspecified atom stereocenters. The number of ether oxygens (including phenoxy) is 2. The van der Waals surface area contributed by atoms with E-state index in [4.69, 9.17) is 15.2 Å². The van der Waals surface area contributed by atoms with E-state index in [0.717, 1.165) is 10.6 Å². The number of amides is 2. The number of imide groups is 1. The van der Waals surface area contributed by atoms with Gasteiger partial charge in [0.05, 0.1) is 37.1 Å². The van der Waals surface area contributed by atoms with Gasteiger partial charge in [-0.25, -0.2) is 0 Å². The Morgan fingerprint density at radius 3 is 2.14 bits per heavy atom. The third kappa shape index (κ3) is 2.96. The van der Waals surface area contributed by atoms with Crippen molar-refractivity contribution < 1.29 is 19.1 Å². The van der Waals surface area contributed by atoms with Gasteiger partial charge in [-0.3, -0.25) is 24.3 Å². The number of nitrogen functional groups attached to an aromatic ring is 1. The molecule has 0 bridgehead atoms. The number of nitrogens with two attached hydrogens (primary N) is 1. The van der Waals surface area contributed by atoms with Crippen molar-refractivity contribution in [2.24, 2.45) is 0 Å². The summed E-state index contributed by atoms with van der Waals surface area (Å²) in [5, 5.41) is 2.13. The summed E-state index contributed by atoms with van der Waals surface area (Å²) in [5.74, 6) is -0.337. The van der Waals surface area contributed by atoms with Crippen LogP contribution in [0.25, 0.3) is 17.1 Å². The molecule has 4 rings (SSSR count). The lowest BCUT2D eigenvalue weighted by Crippen LogP contribution is -2.24. The highest BCUT2D eigenvalue weighted by Gasteiger charge is 2.31. The molecule has 146 valence electrons. The number of hydrogen-bond donors (Lipinski definition) is 2. The summed E-state index contributed by atoms with van der Waals surface area (Å²) < 4.78 is 11.5. The van der Waals surface area contributed by atoms with Crippen LogP contribution in [0.2, 0.25) is 0 Å². The molecule has 0 aliphatic carbocycles. The molecule has 0 radical (unpaired) electrons. The van der Waals surface area contributed by atoms with Crippen molar-refractivity contribution >= 4 is 17.6 Å². The third-order valence-electron chi connectivity index (χ3n) is 4.43. The minimum absolute atomic E-state index is 0.0143. The van der Waals surface area contributed by atoms with E-state index < -0.39 is 17.4 Å². The zero-order chi connectivity index (χ0) is 20.7. The largest absolute Gasteiger partial charge is 0.481 e. The Bertz CT molecular complexity index is 1190. The predicted octanol–water partition coefficient (Wildman–Crippen LogP) is 0.777. The highest BCUT2D eigenvalue weighted by molar-refractivity contribution is 6.23. The SMILES string of the molecule is COc1cc(OC)nc(-c2ccc(-n3c(N)c4c(cc3=O)C(=O)NC4=O)cc2)n1. The summed E-state index contributed by atoms with van der Waals surface area (Å²) in [6.07, 6.45) is 0. The van der Waals surface area contributed by atoms with Crippen LogP contribution < -0.4 is 26.1 Å². The molecule has 3 aromatic rings. The van der Waals surface area contributed by atoms with E-state index in [2.05, 4.69) is 15.3 Å². The van der Waals surface area contributed by atoms with E-state index in [1.807, 2.05) is 0 Å². The van der Waals surface area contributed by atoms with Crippen LogP contribution in [0.3, 0.4) is 0 Å². The van der Waals surface area contributed by atoms with Crippen molar-refractivity contribution in [1.82, 2.24) is 19.9 Å². The van der Waals surface area contributed by atoms with Gasteiger partial charge >= 0.3 is 0 Å². The van der Waals surface area contributed by atoms with Crippen LogP contribution in [0.4, 0.5) is 5.82 Å². The van der Waals surface area contributed by atoms with Crippen molar-refractivity contribution in [3.8, 4) is 28.8 Å². The second kappa shape index (κ2) is 6.75. The lowest BCUT2D eigenvalue weighted by molar-refractivity contribution is 0.0880. The average molecular weight is 393 g/mol. The van der Waals surface area contributed by atoms with E-state index in [1.165, 1.54) is 14.2 Å². The van der Waals surface area contributed by atoms with Crippen LogP contribution >= 0.6 is 0 Å². The fourth-order valence-electron chi connectivity index (χ4n) is 3.05. The lowest BCUT2D eigenvalue weighted by atomic mass is 10.1. The van der Waals surface area contributed by atoms with Gasteiger partial charge in [0.2, 0.25) is 11.8 Å². The number of anilines is 1. The van der Waals surface area contributed by atoms with Gasteiger partial charge in [0.15, 0.2) is 5.82 Å². The Balaban J connectivity index is 1.79. The van der Waals surface area contributed by atoms with Crippen LogP contribution in [0, 0.1) is 0 Å². The van der Waals surface area contributed by atoms with Crippen LogP contribution in [-0.4, -0.2) is 40.6 Å². The maximum atomic E-state index is 12.5. The number of hydrogen-bond acceptors (Lipinski definition) is 8. The van der Waals surface area contributed by atoms with Gasteiger partial charge < -0.3 is 15.2 Å². The summed E-state index contributed by atoms with van der Waals surface area (Å²) >= 11 is 0. The van der Waals surface area contributed by atoms with Gasteiger partial charge in [0.25, 0.3) is 17.4 Å². The molecule has 3 N–H and O–H groups in total. The second-order valence-electron chi connectivity index (χ2n) is 6.10. The average Bonchev–Trinajstić information content (AvgIpc) is 3.01. The fraction of sp³-hybridized carbons (Fsp3) is 0.105. The highest BCUT2D eigenvalue weighted by Crippen LogP contribution is 2.26. The molecule has 0 saturated carbocycles. The zero-order valence-electron chi connectivity index (χ0n) is 15.4. The maximum absolute atomic E-state index is 12.5. The maximum Gasteiger partial charge on any atom is 0.262 e. The number of benzene rings is 1. The molecule has 0 saturated heterocycles. The van der Waals surface area contributed by atoms with Gasteiger partial charge in [-0.15, -0.1) is 0 Å². The summed E-state index contributed by atoms with van der Waals surface area (Å²) in [4.78, 5) is 44.8. The van der Waals surface area contributed by atoms with Crippen molar-refractivity contribution in [3.05, 3.63) is 57.9 Å². The molecule has 2 amide bonds. The quantitative estimate of drug-likeness (QED) is 0.620. The van der Waals surface area contributed by atoms with Crippen molar-refractivity contribution in [3.63, 3.8) is 0 Å². The number of carbonyl (C=O) groups is 2. The minimum Gasteiger partial charge on any atom is -0.481 e. The fourth-order valence-corrected chi connectivity index (χ4v) is 3.05. The number of pyridine rings is 1. The van der Waals surface area contributed by atoms with E-state index in [0.29, 0.717) is 28.8 Å². The molecular formula is C19H15N5O5. The highest BCUT2D eigenvalue weighted by atomic mass is 16.5. The first-order valence-electron chi connectivity index (χ1n) is 8.42. The van der Waals surface area contributed by atoms with Crippen molar-refractivity contribution in [1.29, 1.82) is 0 Å². The molecule has 0 spiro atoms. The molecule has 1 aliphatic rings. The van der Waals surface area contributed by atoms with Gasteiger partial charge in [0.1, 0.15) is 5.82 Å². The Morgan fingerprint density at radius 1 is 0.931 bits per heavy atom. The van der Waals surface area contributed by atoms with Crippen molar-refractivity contribution in [2.45, 2.75) is 0 Å². The number of nitrogens with one attached hydrogen (secondary N) is 1.